The second-order valence-corrected chi connectivity index (χ2v) is 6.00. The molecule has 0 aliphatic rings. The van der Waals surface area contributed by atoms with Crippen molar-refractivity contribution in [2.24, 2.45) is 11.7 Å². The monoisotopic (exact) mass is 350 g/mol. The summed E-state index contributed by atoms with van der Waals surface area (Å²) < 4.78 is 6.42. The highest BCUT2D eigenvalue weighted by atomic mass is 79.9. The van der Waals surface area contributed by atoms with Crippen LogP contribution in [-0.2, 0) is 6.54 Å². The van der Waals surface area contributed by atoms with E-state index in [1.807, 2.05) is 12.1 Å². The molecule has 5 heteroatoms. The van der Waals surface area contributed by atoms with Gasteiger partial charge in [-0.3, -0.25) is 0 Å². The molecule has 0 spiro atoms. The van der Waals surface area contributed by atoms with E-state index in [1.54, 1.807) is 7.11 Å². The number of rotatable bonds is 6. The van der Waals surface area contributed by atoms with E-state index >= 15 is 0 Å². The van der Waals surface area contributed by atoms with E-state index in [2.05, 4.69) is 48.1 Å². The van der Waals surface area contributed by atoms with Crippen LogP contribution in [0.15, 0.2) is 22.7 Å². The topological polar surface area (TPSA) is 47.3 Å². The lowest BCUT2D eigenvalue weighted by Gasteiger charge is -2.34. The molecule has 1 rings (SSSR count). The summed E-state index contributed by atoms with van der Waals surface area (Å²) >= 11 is 3.48. The minimum atomic E-state index is -0.0622. The summed E-state index contributed by atoms with van der Waals surface area (Å²) in [5, 5.41) is 3.54. The summed E-state index contributed by atoms with van der Waals surface area (Å²) in [7, 11) is 1.69. The molecule has 1 unspecified atom stereocenters. The van der Waals surface area contributed by atoms with Crippen LogP contribution in [0.3, 0.4) is 0 Å². The molecule has 0 bridgehead atoms. The number of halogens is 2. The molecule has 19 heavy (non-hydrogen) atoms. The van der Waals surface area contributed by atoms with Gasteiger partial charge in [0.15, 0.2) is 0 Å². The van der Waals surface area contributed by atoms with E-state index in [-0.39, 0.29) is 17.9 Å². The van der Waals surface area contributed by atoms with Gasteiger partial charge in [0.2, 0.25) is 0 Å². The smallest absolute Gasteiger partial charge is 0.123 e. The molecule has 110 valence electrons. The Kier molecular flexibility index (Phi) is 7.98. The van der Waals surface area contributed by atoms with E-state index in [0.717, 1.165) is 22.3 Å². The maximum atomic E-state index is 5.87. The van der Waals surface area contributed by atoms with Crippen LogP contribution in [-0.4, -0.2) is 19.2 Å². The van der Waals surface area contributed by atoms with Crippen LogP contribution in [0.1, 0.15) is 26.3 Å². The molecule has 3 nitrogen and oxygen atoms in total. The van der Waals surface area contributed by atoms with E-state index in [9.17, 15) is 0 Å². The van der Waals surface area contributed by atoms with Crippen LogP contribution in [0.5, 0.6) is 5.75 Å². The zero-order valence-electron chi connectivity index (χ0n) is 12.0. The first-order valence-corrected chi connectivity index (χ1v) is 6.99. The molecule has 0 saturated heterocycles. The second-order valence-electron chi connectivity index (χ2n) is 5.09. The van der Waals surface area contributed by atoms with Gasteiger partial charge >= 0.3 is 0 Å². The van der Waals surface area contributed by atoms with Crippen LogP contribution in [0.2, 0.25) is 0 Å². The van der Waals surface area contributed by atoms with Crippen molar-refractivity contribution in [3.05, 3.63) is 28.2 Å². The first-order valence-electron chi connectivity index (χ1n) is 6.20. The number of hydrogen-bond donors (Lipinski definition) is 2. The van der Waals surface area contributed by atoms with Crippen molar-refractivity contribution in [2.45, 2.75) is 32.9 Å². The lowest BCUT2D eigenvalue weighted by atomic mass is 9.88. The fourth-order valence-electron chi connectivity index (χ4n) is 1.69. The summed E-state index contributed by atoms with van der Waals surface area (Å²) in [5.74, 6) is 1.37. The first-order chi connectivity index (χ1) is 8.42. The summed E-state index contributed by atoms with van der Waals surface area (Å²) in [6, 6.07) is 6.02. The molecular formula is C14H24BrClN2O. The number of ether oxygens (including phenoxy) is 1. The zero-order valence-corrected chi connectivity index (χ0v) is 14.4. The molecule has 0 aliphatic heterocycles. The van der Waals surface area contributed by atoms with E-state index in [4.69, 9.17) is 10.5 Å². The van der Waals surface area contributed by atoms with Gasteiger partial charge in [-0.2, -0.15) is 0 Å². The first kappa shape index (κ1) is 18.7. The molecule has 1 aromatic carbocycles. The molecule has 0 heterocycles. The highest BCUT2D eigenvalue weighted by Gasteiger charge is 2.26. The van der Waals surface area contributed by atoms with Crippen molar-refractivity contribution in [2.75, 3.05) is 13.7 Å². The Morgan fingerprint density at radius 1 is 1.42 bits per heavy atom. The third kappa shape index (κ3) is 4.95. The minimum absolute atomic E-state index is 0. The second kappa shape index (κ2) is 8.10. The number of nitrogens with two attached hydrogens (primary N) is 1. The standard InChI is InChI=1S/C14H23BrN2O.ClH/c1-10(2)14(3,9-16)17-8-11-7-12(15)5-6-13(11)18-4;/h5-7,10,17H,8-9,16H2,1-4H3;1H. The van der Waals surface area contributed by atoms with Gasteiger partial charge in [0, 0.05) is 28.7 Å². The Hall–Kier alpha value is -0.290. The summed E-state index contributed by atoms with van der Waals surface area (Å²) in [4.78, 5) is 0. The van der Waals surface area contributed by atoms with Crippen molar-refractivity contribution in [3.63, 3.8) is 0 Å². The lowest BCUT2D eigenvalue weighted by molar-refractivity contribution is 0.265. The SMILES string of the molecule is COc1ccc(Br)cc1CNC(C)(CN)C(C)C.Cl. The molecule has 0 radical (unpaired) electrons. The molecular weight excluding hydrogens is 328 g/mol. The van der Waals surface area contributed by atoms with Crippen molar-refractivity contribution in [1.29, 1.82) is 0 Å². The van der Waals surface area contributed by atoms with Gasteiger partial charge in [-0.25, -0.2) is 0 Å². The predicted molar refractivity (Wildman–Crippen MR) is 87.1 cm³/mol. The van der Waals surface area contributed by atoms with Gasteiger partial charge in [0.05, 0.1) is 7.11 Å². The Balaban J connectivity index is 0.00000324. The van der Waals surface area contributed by atoms with Crippen LogP contribution in [0.25, 0.3) is 0 Å². The molecule has 0 aliphatic carbocycles. The molecule has 0 aromatic heterocycles. The lowest BCUT2D eigenvalue weighted by Crippen LogP contribution is -2.52. The molecule has 0 fully saturated rings. The van der Waals surface area contributed by atoms with Gasteiger partial charge in [-0.15, -0.1) is 12.4 Å². The normalized spacial score (nSPS) is 13.8. The summed E-state index contributed by atoms with van der Waals surface area (Å²) in [6.45, 7) is 7.87. The largest absolute Gasteiger partial charge is 0.496 e. The van der Waals surface area contributed by atoms with Gasteiger partial charge < -0.3 is 15.8 Å². The fourth-order valence-corrected chi connectivity index (χ4v) is 2.10. The number of hydrogen-bond acceptors (Lipinski definition) is 3. The van der Waals surface area contributed by atoms with Gasteiger partial charge in [0.1, 0.15) is 5.75 Å². The Labute approximate surface area is 130 Å². The maximum Gasteiger partial charge on any atom is 0.123 e. The van der Waals surface area contributed by atoms with Crippen molar-refractivity contribution in [1.82, 2.24) is 5.32 Å². The average molecular weight is 352 g/mol. The van der Waals surface area contributed by atoms with Gasteiger partial charge in [-0.05, 0) is 31.0 Å². The van der Waals surface area contributed by atoms with E-state index < -0.39 is 0 Å². The van der Waals surface area contributed by atoms with Crippen molar-refractivity contribution in [3.8, 4) is 5.75 Å². The molecule has 0 amide bonds. The minimum Gasteiger partial charge on any atom is -0.496 e. The van der Waals surface area contributed by atoms with Gasteiger partial charge in [0.25, 0.3) is 0 Å². The van der Waals surface area contributed by atoms with Crippen LogP contribution >= 0.6 is 28.3 Å². The Morgan fingerprint density at radius 3 is 2.53 bits per heavy atom. The zero-order chi connectivity index (χ0) is 13.8. The number of methoxy groups -OCH3 is 1. The predicted octanol–water partition coefficient (Wildman–Crippen LogP) is 3.34. The average Bonchev–Trinajstić information content (AvgIpc) is 2.35. The quantitative estimate of drug-likeness (QED) is 0.826. The Morgan fingerprint density at radius 2 is 2.05 bits per heavy atom. The molecule has 1 aromatic rings. The van der Waals surface area contributed by atoms with Crippen LogP contribution in [0, 0.1) is 5.92 Å². The van der Waals surface area contributed by atoms with Gasteiger partial charge in [-0.1, -0.05) is 29.8 Å². The molecule has 0 saturated carbocycles. The highest BCUT2D eigenvalue weighted by Crippen LogP contribution is 2.24. The molecule has 1 atom stereocenters. The third-order valence-corrected chi connectivity index (χ3v) is 4.12. The van der Waals surface area contributed by atoms with Crippen molar-refractivity contribution >= 4 is 28.3 Å². The van der Waals surface area contributed by atoms with Crippen LogP contribution in [0.4, 0.5) is 0 Å². The number of benzene rings is 1. The van der Waals surface area contributed by atoms with E-state index in [0.29, 0.717) is 12.5 Å². The summed E-state index contributed by atoms with van der Waals surface area (Å²) in [5.41, 5.74) is 6.94. The van der Waals surface area contributed by atoms with Crippen LogP contribution < -0.4 is 15.8 Å². The highest BCUT2D eigenvalue weighted by molar-refractivity contribution is 9.10. The maximum absolute atomic E-state index is 5.87. The fraction of sp³-hybridized carbons (Fsp3) is 0.571. The third-order valence-electron chi connectivity index (χ3n) is 3.62. The number of nitrogens with one attached hydrogen (secondary N) is 1. The van der Waals surface area contributed by atoms with Crippen molar-refractivity contribution < 1.29 is 4.74 Å². The summed E-state index contributed by atoms with van der Waals surface area (Å²) in [6.07, 6.45) is 0. The molecule has 3 N–H and O–H groups in total. The van der Waals surface area contributed by atoms with E-state index in [1.165, 1.54) is 0 Å². The Bertz CT molecular complexity index is 401.